The molecule has 2 aromatic rings. The summed E-state index contributed by atoms with van der Waals surface area (Å²) in [6.07, 6.45) is 1.50. The van der Waals surface area contributed by atoms with Crippen molar-refractivity contribution < 1.29 is 27.4 Å². The van der Waals surface area contributed by atoms with Gasteiger partial charge in [-0.25, -0.2) is 13.8 Å². The first-order chi connectivity index (χ1) is 15.5. The van der Waals surface area contributed by atoms with Gasteiger partial charge in [0.1, 0.15) is 18.2 Å². The molecule has 2 unspecified atom stereocenters. The molecule has 0 aliphatic carbocycles. The number of nitrogens with one attached hydrogen (secondary N) is 1. The normalized spacial score (nSPS) is 17.2. The van der Waals surface area contributed by atoms with Gasteiger partial charge in [0.2, 0.25) is 11.7 Å². The number of hydrogen-bond donors (Lipinski definition) is 1. The fourth-order valence-electron chi connectivity index (χ4n) is 3.47. The number of amides is 1. The van der Waals surface area contributed by atoms with E-state index in [9.17, 15) is 18.0 Å². The van der Waals surface area contributed by atoms with Crippen LogP contribution in [0.5, 0.6) is 11.6 Å². The van der Waals surface area contributed by atoms with Crippen LogP contribution in [0.3, 0.4) is 0 Å². The van der Waals surface area contributed by atoms with Crippen LogP contribution in [-0.2, 0) is 4.79 Å². The zero-order valence-corrected chi connectivity index (χ0v) is 19.1. The molecule has 1 N–H and O–H groups in total. The topological polar surface area (TPSA) is 76.6 Å². The summed E-state index contributed by atoms with van der Waals surface area (Å²) in [4.78, 5) is 21.4. The minimum atomic E-state index is -3.10. The van der Waals surface area contributed by atoms with Crippen LogP contribution < -0.4 is 19.7 Å². The molecular weight excluding hydrogens is 437 g/mol. The SMILES string of the molecule is CC(C)NC(=O)C(C)c1ccc(OC2CCN(c3ncnc(OCC(C)(F)F)c3F)C2)cc1. The predicted octanol–water partition coefficient (Wildman–Crippen LogP) is 3.94. The first kappa shape index (κ1) is 24.6. The lowest BCUT2D eigenvalue weighted by atomic mass is 10.00. The van der Waals surface area contributed by atoms with E-state index in [-0.39, 0.29) is 29.8 Å². The molecule has 1 fully saturated rings. The third-order valence-corrected chi connectivity index (χ3v) is 5.15. The van der Waals surface area contributed by atoms with Gasteiger partial charge >= 0.3 is 0 Å². The van der Waals surface area contributed by atoms with Crippen LogP contribution in [0.2, 0.25) is 0 Å². The van der Waals surface area contributed by atoms with Gasteiger partial charge in [0.05, 0.1) is 12.5 Å². The van der Waals surface area contributed by atoms with Crippen LogP contribution in [0.25, 0.3) is 0 Å². The number of anilines is 1. The summed E-state index contributed by atoms with van der Waals surface area (Å²) in [5.41, 5.74) is 0.877. The first-order valence-corrected chi connectivity index (χ1v) is 10.9. The second-order valence-electron chi connectivity index (χ2n) is 8.60. The molecule has 0 spiro atoms. The number of benzene rings is 1. The van der Waals surface area contributed by atoms with Crippen LogP contribution in [0.4, 0.5) is 19.0 Å². The number of aromatic nitrogens is 2. The second-order valence-corrected chi connectivity index (χ2v) is 8.60. The molecule has 1 amide bonds. The minimum Gasteiger partial charge on any atom is -0.489 e. The van der Waals surface area contributed by atoms with Crippen LogP contribution >= 0.6 is 0 Å². The molecule has 1 saturated heterocycles. The molecular formula is C23H29F3N4O3. The molecule has 0 radical (unpaired) electrons. The van der Waals surface area contributed by atoms with Gasteiger partial charge in [0.15, 0.2) is 12.4 Å². The molecule has 2 heterocycles. The number of alkyl halides is 2. The Kier molecular flexibility index (Phi) is 7.65. The van der Waals surface area contributed by atoms with E-state index in [1.54, 1.807) is 17.0 Å². The molecule has 33 heavy (non-hydrogen) atoms. The van der Waals surface area contributed by atoms with Gasteiger partial charge in [-0.15, -0.1) is 0 Å². The highest BCUT2D eigenvalue weighted by atomic mass is 19.3. The average molecular weight is 467 g/mol. The maximum Gasteiger partial charge on any atom is 0.278 e. The Morgan fingerprint density at radius 3 is 2.58 bits per heavy atom. The Labute approximate surface area is 191 Å². The van der Waals surface area contributed by atoms with Crippen molar-refractivity contribution in [3.8, 4) is 11.6 Å². The van der Waals surface area contributed by atoms with Crippen molar-refractivity contribution in [3.63, 3.8) is 0 Å². The summed E-state index contributed by atoms with van der Waals surface area (Å²) < 4.78 is 51.6. The molecule has 1 aromatic heterocycles. The average Bonchev–Trinajstić information content (AvgIpc) is 3.20. The Morgan fingerprint density at radius 2 is 1.94 bits per heavy atom. The maximum absolute atomic E-state index is 14.7. The molecule has 3 rings (SSSR count). The van der Waals surface area contributed by atoms with Gasteiger partial charge in [0.25, 0.3) is 11.8 Å². The summed E-state index contributed by atoms with van der Waals surface area (Å²) in [5, 5.41) is 2.90. The fourth-order valence-corrected chi connectivity index (χ4v) is 3.47. The van der Waals surface area contributed by atoms with E-state index in [1.165, 1.54) is 0 Å². The number of rotatable bonds is 9. The quantitative estimate of drug-likeness (QED) is 0.604. The Bertz CT molecular complexity index is 951. The molecule has 2 atom stereocenters. The lowest BCUT2D eigenvalue weighted by Crippen LogP contribution is -2.33. The van der Waals surface area contributed by atoms with Crippen LogP contribution in [0.15, 0.2) is 30.6 Å². The van der Waals surface area contributed by atoms with E-state index in [2.05, 4.69) is 15.3 Å². The lowest BCUT2D eigenvalue weighted by Gasteiger charge is -2.20. The number of halogens is 3. The summed E-state index contributed by atoms with van der Waals surface area (Å²) in [6, 6.07) is 7.38. The van der Waals surface area contributed by atoms with E-state index in [0.717, 1.165) is 11.9 Å². The number of hydrogen-bond acceptors (Lipinski definition) is 6. The summed E-state index contributed by atoms with van der Waals surface area (Å²) in [7, 11) is 0. The summed E-state index contributed by atoms with van der Waals surface area (Å²) in [6.45, 7) is 6.23. The van der Waals surface area contributed by atoms with Crippen molar-refractivity contribution in [2.75, 3.05) is 24.6 Å². The smallest absolute Gasteiger partial charge is 0.278 e. The standard InChI is InChI=1S/C23H29F3N4O3/c1-14(2)29-21(31)15(3)16-5-7-17(8-6-16)33-18-9-10-30(11-18)20-19(24)22(28-13-27-20)32-12-23(4,25)26/h5-8,13-15,18H,9-12H2,1-4H3,(H,29,31). The monoisotopic (exact) mass is 466 g/mol. The minimum absolute atomic E-state index is 0.00847. The van der Waals surface area contributed by atoms with E-state index in [4.69, 9.17) is 9.47 Å². The van der Waals surface area contributed by atoms with Crippen molar-refractivity contribution >= 4 is 11.7 Å². The van der Waals surface area contributed by atoms with Crippen molar-refractivity contribution in [1.29, 1.82) is 0 Å². The molecule has 0 saturated carbocycles. The summed E-state index contributed by atoms with van der Waals surface area (Å²) in [5.74, 6) is -4.17. The van der Waals surface area contributed by atoms with Crippen molar-refractivity contribution in [2.45, 2.75) is 58.1 Å². The van der Waals surface area contributed by atoms with Gasteiger partial charge in [-0.2, -0.15) is 9.37 Å². The lowest BCUT2D eigenvalue weighted by molar-refractivity contribution is -0.122. The third kappa shape index (κ3) is 6.72. The summed E-state index contributed by atoms with van der Waals surface area (Å²) >= 11 is 0. The van der Waals surface area contributed by atoms with Crippen molar-refractivity contribution in [2.24, 2.45) is 0 Å². The molecule has 1 aromatic carbocycles. The van der Waals surface area contributed by atoms with Gasteiger partial charge in [0, 0.05) is 25.9 Å². The van der Waals surface area contributed by atoms with Crippen LogP contribution in [0, 0.1) is 5.82 Å². The van der Waals surface area contributed by atoms with Crippen molar-refractivity contribution in [1.82, 2.24) is 15.3 Å². The molecule has 7 nitrogen and oxygen atoms in total. The maximum atomic E-state index is 14.7. The zero-order valence-electron chi connectivity index (χ0n) is 19.1. The van der Waals surface area contributed by atoms with E-state index in [1.807, 2.05) is 32.9 Å². The first-order valence-electron chi connectivity index (χ1n) is 10.9. The number of carbonyl (C=O) groups excluding carboxylic acids is 1. The van der Waals surface area contributed by atoms with E-state index < -0.39 is 24.2 Å². The van der Waals surface area contributed by atoms with Gasteiger partial charge in [-0.05, 0) is 38.5 Å². The second kappa shape index (κ2) is 10.3. The molecule has 1 aliphatic heterocycles. The van der Waals surface area contributed by atoms with Crippen LogP contribution in [0.1, 0.15) is 45.6 Å². The van der Waals surface area contributed by atoms with Crippen LogP contribution in [-0.4, -0.2) is 53.6 Å². The zero-order chi connectivity index (χ0) is 24.2. The van der Waals surface area contributed by atoms with Gasteiger partial charge in [-0.1, -0.05) is 12.1 Å². The third-order valence-electron chi connectivity index (χ3n) is 5.15. The predicted molar refractivity (Wildman–Crippen MR) is 117 cm³/mol. The Hall–Kier alpha value is -3.04. The van der Waals surface area contributed by atoms with Gasteiger partial charge < -0.3 is 19.7 Å². The largest absolute Gasteiger partial charge is 0.489 e. The highest BCUT2D eigenvalue weighted by molar-refractivity contribution is 5.83. The number of carbonyl (C=O) groups is 1. The number of nitrogens with zero attached hydrogens (tertiary/aromatic N) is 3. The van der Waals surface area contributed by atoms with E-state index >= 15 is 0 Å². The fraction of sp³-hybridized carbons (Fsp3) is 0.522. The molecule has 0 bridgehead atoms. The van der Waals surface area contributed by atoms with Crippen molar-refractivity contribution in [3.05, 3.63) is 42.0 Å². The Balaban J connectivity index is 1.59. The van der Waals surface area contributed by atoms with Gasteiger partial charge in [-0.3, -0.25) is 4.79 Å². The molecule has 180 valence electrons. The Morgan fingerprint density at radius 1 is 1.24 bits per heavy atom. The van der Waals surface area contributed by atoms with E-state index in [0.29, 0.717) is 32.2 Å². The highest BCUT2D eigenvalue weighted by Crippen LogP contribution is 2.29. The highest BCUT2D eigenvalue weighted by Gasteiger charge is 2.30. The molecule has 1 aliphatic rings. The number of ether oxygens (including phenoxy) is 2. The molecule has 10 heteroatoms.